The van der Waals surface area contributed by atoms with E-state index in [1.807, 2.05) is 32.0 Å². The summed E-state index contributed by atoms with van der Waals surface area (Å²) in [5.41, 5.74) is 2.05. The fourth-order valence-corrected chi connectivity index (χ4v) is 1.60. The molecular formula is C11H15IN2O. The quantitative estimate of drug-likeness (QED) is 0.826. The summed E-state index contributed by atoms with van der Waals surface area (Å²) >= 11 is 2.25. The Hall–Kier alpha value is -0.780. The Morgan fingerprint density at radius 3 is 2.80 bits per heavy atom. The van der Waals surface area contributed by atoms with E-state index < -0.39 is 0 Å². The van der Waals surface area contributed by atoms with Gasteiger partial charge < -0.3 is 10.6 Å². The highest BCUT2D eigenvalue weighted by atomic mass is 127. The van der Waals surface area contributed by atoms with E-state index in [4.69, 9.17) is 0 Å². The highest BCUT2D eigenvalue weighted by molar-refractivity contribution is 14.1. The van der Waals surface area contributed by atoms with E-state index in [9.17, 15) is 4.79 Å². The Kier molecular flexibility index (Phi) is 4.87. The fourth-order valence-electron chi connectivity index (χ4n) is 1.08. The Balaban J connectivity index is 2.57. The number of carbonyl (C=O) groups excluding carboxylic acids is 1. The minimum absolute atomic E-state index is 0.142. The average molecular weight is 318 g/mol. The second-order valence-corrected chi connectivity index (χ2v) is 4.51. The van der Waals surface area contributed by atoms with Crippen LogP contribution >= 0.6 is 22.6 Å². The van der Waals surface area contributed by atoms with Gasteiger partial charge in [-0.25, -0.2) is 4.79 Å². The number of benzene rings is 1. The van der Waals surface area contributed by atoms with Crippen LogP contribution in [0.5, 0.6) is 0 Å². The minimum Gasteiger partial charge on any atom is -0.338 e. The van der Waals surface area contributed by atoms with Crippen molar-refractivity contribution in [2.45, 2.75) is 20.3 Å². The first-order valence-electron chi connectivity index (χ1n) is 4.94. The summed E-state index contributed by atoms with van der Waals surface area (Å²) in [5.74, 6) is 0. The zero-order chi connectivity index (χ0) is 11.3. The number of nitrogens with one attached hydrogen (secondary N) is 2. The summed E-state index contributed by atoms with van der Waals surface area (Å²) in [6, 6.07) is 5.72. The van der Waals surface area contributed by atoms with E-state index in [0.717, 1.165) is 15.7 Å². The molecule has 1 aromatic carbocycles. The lowest BCUT2D eigenvalue weighted by molar-refractivity contribution is 0.252. The van der Waals surface area contributed by atoms with Crippen molar-refractivity contribution in [3.05, 3.63) is 27.3 Å². The van der Waals surface area contributed by atoms with Gasteiger partial charge in [0.15, 0.2) is 0 Å². The van der Waals surface area contributed by atoms with Crippen molar-refractivity contribution >= 4 is 34.3 Å². The largest absolute Gasteiger partial charge is 0.338 e. The van der Waals surface area contributed by atoms with E-state index in [1.54, 1.807) is 0 Å². The number of urea groups is 1. The van der Waals surface area contributed by atoms with Crippen LogP contribution < -0.4 is 10.6 Å². The predicted molar refractivity (Wildman–Crippen MR) is 71.2 cm³/mol. The van der Waals surface area contributed by atoms with E-state index in [-0.39, 0.29) is 6.03 Å². The van der Waals surface area contributed by atoms with Crippen LogP contribution in [0.2, 0.25) is 0 Å². The molecule has 0 aliphatic heterocycles. The van der Waals surface area contributed by atoms with Crippen LogP contribution in [0.25, 0.3) is 0 Å². The highest BCUT2D eigenvalue weighted by Gasteiger charge is 2.01. The molecule has 0 saturated heterocycles. The van der Waals surface area contributed by atoms with Crippen LogP contribution in [-0.2, 0) is 0 Å². The molecule has 0 unspecified atom stereocenters. The van der Waals surface area contributed by atoms with Gasteiger partial charge in [0.05, 0.1) is 0 Å². The lowest BCUT2D eigenvalue weighted by atomic mass is 10.2. The van der Waals surface area contributed by atoms with Crippen molar-refractivity contribution in [1.82, 2.24) is 5.32 Å². The number of amides is 2. The topological polar surface area (TPSA) is 41.1 Å². The van der Waals surface area contributed by atoms with Crippen LogP contribution in [0.4, 0.5) is 10.5 Å². The maximum absolute atomic E-state index is 11.3. The normalized spacial score (nSPS) is 9.80. The van der Waals surface area contributed by atoms with Gasteiger partial charge in [0.1, 0.15) is 0 Å². The Labute approximate surface area is 104 Å². The van der Waals surface area contributed by atoms with Crippen LogP contribution in [0.1, 0.15) is 18.9 Å². The number of hydrogen-bond donors (Lipinski definition) is 2. The molecule has 3 nitrogen and oxygen atoms in total. The third-order valence-electron chi connectivity index (χ3n) is 1.97. The molecule has 0 radical (unpaired) electrons. The number of halogens is 1. The van der Waals surface area contributed by atoms with Gasteiger partial charge in [0.25, 0.3) is 0 Å². The first-order chi connectivity index (χ1) is 7.13. The first-order valence-corrected chi connectivity index (χ1v) is 6.02. The molecule has 2 amide bonds. The maximum atomic E-state index is 11.3. The second-order valence-electron chi connectivity index (χ2n) is 3.34. The third-order valence-corrected chi connectivity index (χ3v) is 3.13. The van der Waals surface area contributed by atoms with Crippen molar-refractivity contribution in [1.29, 1.82) is 0 Å². The lowest BCUT2D eigenvalue weighted by Crippen LogP contribution is -2.29. The Morgan fingerprint density at radius 2 is 2.20 bits per heavy atom. The predicted octanol–water partition coefficient (Wildman–Crippen LogP) is 3.13. The molecule has 0 fully saturated rings. The molecule has 0 bridgehead atoms. The number of carbonyl (C=O) groups is 1. The summed E-state index contributed by atoms with van der Waals surface area (Å²) < 4.78 is 1.15. The van der Waals surface area contributed by atoms with Crippen LogP contribution in [0.3, 0.4) is 0 Å². The van der Waals surface area contributed by atoms with Crippen molar-refractivity contribution in [2.24, 2.45) is 0 Å². The van der Waals surface area contributed by atoms with Crippen molar-refractivity contribution in [2.75, 3.05) is 11.9 Å². The molecule has 0 spiro atoms. The van der Waals surface area contributed by atoms with Crippen LogP contribution in [0.15, 0.2) is 18.2 Å². The van der Waals surface area contributed by atoms with Gasteiger partial charge in [-0.05, 0) is 53.6 Å². The van der Waals surface area contributed by atoms with Gasteiger partial charge in [-0.2, -0.15) is 0 Å². The third kappa shape index (κ3) is 4.07. The van der Waals surface area contributed by atoms with Gasteiger partial charge in [0, 0.05) is 15.8 Å². The van der Waals surface area contributed by atoms with Crippen molar-refractivity contribution < 1.29 is 4.79 Å². The maximum Gasteiger partial charge on any atom is 0.319 e. The Morgan fingerprint density at radius 1 is 1.47 bits per heavy atom. The molecule has 0 atom stereocenters. The van der Waals surface area contributed by atoms with Crippen molar-refractivity contribution in [3.8, 4) is 0 Å². The zero-order valence-corrected chi connectivity index (χ0v) is 11.1. The van der Waals surface area contributed by atoms with Gasteiger partial charge in [0.2, 0.25) is 0 Å². The number of anilines is 1. The van der Waals surface area contributed by atoms with E-state index >= 15 is 0 Å². The molecule has 0 saturated carbocycles. The summed E-state index contributed by atoms with van der Waals surface area (Å²) in [4.78, 5) is 11.3. The smallest absolute Gasteiger partial charge is 0.319 e. The highest BCUT2D eigenvalue weighted by Crippen LogP contribution is 2.16. The molecule has 0 aliphatic rings. The molecule has 0 aliphatic carbocycles. The molecule has 15 heavy (non-hydrogen) atoms. The summed E-state index contributed by atoms with van der Waals surface area (Å²) in [6.45, 7) is 4.77. The van der Waals surface area contributed by atoms with Crippen LogP contribution in [0, 0.1) is 10.5 Å². The average Bonchev–Trinajstić information content (AvgIpc) is 2.20. The molecule has 82 valence electrons. The summed E-state index contributed by atoms with van der Waals surface area (Å²) in [5, 5.41) is 5.55. The van der Waals surface area contributed by atoms with E-state index in [0.29, 0.717) is 6.54 Å². The summed E-state index contributed by atoms with van der Waals surface area (Å²) in [6.07, 6.45) is 0.943. The SMILES string of the molecule is CCCNC(=O)Nc1ccc(C)c(I)c1. The van der Waals surface area contributed by atoms with Gasteiger partial charge in [-0.1, -0.05) is 13.0 Å². The molecular weight excluding hydrogens is 303 g/mol. The lowest BCUT2D eigenvalue weighted by Gasteiger charge is -2.07. The molecule has 4 heteroatoms. The van der Waals surface area contributed by atoms with E-state index in [2.05, 4.69) is 33.2 Å². The number of aryl methyl sites for hydroxylation is 1. The Bertz CT molecular complexity index is 352. The minimum atomic E-state index is -0.142. The standard InChI is InChI=1S/C11H15IN2O/c1-3-6-13-11(15)14-9-5-4-8(2)10(12)7-9/h4-5,7H,3,6H2,1-2H3,(H2,13,14,15). The first kappa shape index (κ1) is 12.3. The summed E-state index contributed by atoms with van der Waals surface area (Å²) in [7, 11) is 0. The second kappa shape index (κ2) is 5.95. The van der Waals surface area contributed by atoms with Crippen LogP contribution in [-0.4, -0.2) is 12.6 Å². The molecule has 2 N–H and O–H groups in total. The molecule has 0 heterocycles. The molecule has 1 rings (SSSR count). The zero-order valence-electron chi connectivity index (χ0n) is 8.93. The van der Waals surface area contributed by atoms with Crippen molar-refractivity contribution in [3.63, 3.8) is 0 Å². The molecule has 1 aromatic rings. The molecule has 0 aromatic heterocycles. The van der Waals surface area contributed by atoms with E-state index in [1.165, 1.54) is 5.56 Å². The van der Waals surface area contributed by atoms with Gasteiger partial charge in [-0.15, -0.1) is 0 Å². The number of rotatable bonds is 3. The monoisotopic (exact) mass is 318 g/mol. The van der Waals surface area contributed by atoms with Gasteiger partial charge in [-0.3, -0.25) is 0 Å². The fraction of sp³-hybridized carbons (Fsp3) is 0.364. The van der Waals surface area contributed by atoms with Gasteiger partial charge >= 0.3 is 6.03 Å². The number of hydrogen-bond acceptors (Lipinski definition) is 1.